The third-order valence-electron chi connectivity index (χ3n) is 5.71. The fraction of sp³-hybridized carbons (Fsp3) is 0.409. The van der Waals surface area contributed by atoms with Crippen molar-refractivity contribution < 1.29 is 9.59 Å². The van der Waals surface area contributed by atoms with Crippen LogP contribution in [0.15, 0.2) is 30.6 Å². The van der Waals surface area contributed by atoms with Gasteiger partial charge < -0.3 is 10.2 Å². The normalized spacial score (nSPS) is 18.0. The smallest absolute Gasteiger partial charge is 0.223 e. The Balaban J connectivity index is 1.71. The summed E-state index contributed by atoms with van der Waals surface area (Å²) in [7, 11) is 0. The molecule has 1 atom stereocenters. The van der Waals surface area contributed by atoms with Crippen LogP contribution in [0.3, 0.4) is 0 Å². The summed E-state index contributed by atoms with van der Waals surface area (Å²) in [6.45, 7) is 4.25. The number of aromatic nitrogens is 1. The summed E-state index contributed by atoms with van der Waals surface area (Å²) in [5, 5.41) is 3.14. The van der Waals surface area contributed by atoms with Crippen LogP contribution in [-0.2, 0) is 22.4 Å². The van der Waals surface area contributed by atoms with Gasteiger partial charge in [-0.1, -0.05) is 13.0 Å². The zero-order chi connectivity index (χ0) is 19.0. The third-order valence-corrected chi connectivity index (χ3v) is 5.71. The lowest BCUT2D eigenvalue weighted by Gasteiger charge is -2.28. The average Bonchev–Trinajstić information content (AvgIpc) is 3.11. The molecule has 1 unspecified atom stereocenters. The van der Waals surface area contributed by atoms with E-state index in [4.69, 9.17) is 0 Å². The summed E-state index contributed by atoms with van der Waals surface area (Å²) in [5.74, 6) is 0.176. The van der Waals surface area contributed by atoms with E-state index >= 15 is 0 Å². The number of rotatable bonds is 3. The Labute approximate surface area is 159 Å². The van der Waals surface area contributed by atoms with Crippen LogP contribution in [0.4, 0.5) is 5.69 Å². The van der Waals surface area contributed by atoms with E-state index in [-0.39, 0.29) is 17.9 Å². The van der Waals surface area contributed by atoms with Crippen molar-refractivity contribution in [1.82, 2.24) is 10.3 Å². The molecule has 1 aliphatic heterocycles. The fourth-order valence-electron chi connectivity index (χ4n) is 4.31. The van der Waals surface area contributed by atoms with Crippen molar-refractivity contribution >= 4 is 17.5 Å². The minimum absolute atomic E-state index is 0.0521. The first kappa shape index (κ1) is 17.7. The minimum Gasteiger partial charge on any atom is -0.349 e. The van der Waals surface area contributed by atoms with E-state index in [2.05, 4.69) is 28.5 Å². The lowest BCUT2D eigenvalue weighted by molar-refractivity contribution is -0.121. The summed E-state index contributed by atoms with van der Waals surface area (Å²) in [4.78, 5) is 30.0. The highest BCUT2D eigenvalue weighted by molar-refractivity contribution is 5.94. The number of amides is 2. The first-order valence-electron chi connectivity index (χ1n) is 9.76. The van der Waals surface area contributed by atoms with E-state index in [1.165, 1.54) is 11.1 Å². The zero-order valence-electron chi connectivity index (χ0n) is 15.9. The molecule has 0 saturated heterocycles. The number of nitrogens with one attached hydrogen (secondary N) is 1. The highest BCUT2D eigenvalue weighted by Crippen LogP contribution is 2.38. The molecule has 140 valence electrons. The Bertz CT molecular complexity index is 906. The summed E-state index contributed by atoms with van der Waals surface area (Å²) in [6, 6.07) is 6.39. The van der Waals surface area contributed by atoms with Crippen molar-refractivity contribution in [2.75, 3.05) is 11.4 Å². The topological polar surface area (TPSA) is 62.3 Å². The number of fused-ring (bicyclic) bond motifs is 2. The van der Waals surface area contributed by atoms with Crippen molar-refractivity contribution in [1.29, 1.82) is 0 Å². The SMILES string of the molecule is CCC(=O)NC1CCCc2c(-c3ccc4c(c3)CCN4C(C)=O)cncc21. The van der Waals surface area contributed by atoms with Crippen LogP contribution in [-0.4, -0.2) is 23.3 Å². The van der Waals surface area contributed by atoms with E-state index < -0.39 is 0 Å². The summed E-state index contributed by atoms with van der Waals surface area (Å²) in [6.07, 6.45) is 8.24. The minimum atomic E-state index is 0.0521. The van der Waals surface area contributed by atoms with E-state index in [0.717, 1.165) is 54.6 Å². The number of benzene rings is 1. The second-order valence-corrected chi connectivity index (χ2v) is 7.38. The highest BCUT2D eigenvalue weighted by atomic mass is 16.2. The van der Waals surface area contributed by atoms with Gasteiger partial charge in [-0.05, 0) is 60.1 Å². The molecule has 0 radical (unpaired) electrons. The summed E-state index contributed by atoms with van der Waals surface area (Å²) < 4.78 is 0. The molecule has 1 aromatic heterocycles. The number of hydrogen-bond donors (Lipinski definition) is 1. The van der Waals surface area contributed by atoms with Gasteiger partial charge in [-0.3, -0.25) is 14.6 Å². The molecule has 2 aliphatic rings. The molecule has 0 spiro atoms. The molecule has 0 saturated carbocycles. The van der Waals surface area contributed by atoms with E-state index in [1.807, 2.05) is 24.2 Å². The maximum absolute atomic E-state index is 11.9. The van der Waals surface area contributed by atoms with Crippen LogP contribution >= 0.6 is 0 Å². The van der Waals surface area contributed by atoms with Gasteiger partial charge in [0.1, 0.15) is 0 Å². The molecule has 0 bridgehead atoms. The second kappa shape index (κ2) is 7.14. The van der Waals surface area contributed by atoms with E-state index in [0.29, 0.717) is 6.42 Å². The quantitative estimate of drug-likeness (QED) is 0.907. The molecule has 0 fully saturated rings. The molecule has 27 heavy (non-hydrogen) atoms. The number of hydrogen-bond acceptors (Lipinski definition) is 3. The number of pyridine rings is 1. The largest absolute Gasteiger partial charge is 0.349 e. The summed E-state index contributed by atoms with van der Waals surface area (Å²) >= 11 is 0. The van der Waals surface area contributed by atoms with Gasteiger partial charge in [-0.25, -0.2) is 0 Å². The predicted molar refractivity (Wildman–Crippen MR) is 106 cm³/mol. The molecule has 1 aromatic carbocycles. The van der Waals surface area contributed by atoms with Crippen molar-refractivity contribution in [3.05, 3.63) is 47.3 Å². The van der Waals surface area contributed by atoms with Gasteiger partial charge >= 0.3 is 0 Å². The zero-order valence-corrected chi connectivity index (χ0v) is 15.9. The van der Waals surface area contributed by atoms with Gasteiger partial charge in [0.25, 0.3) is 0 Å². The molecular formula is C22H25N3O2. The van der Waals surface area contributed by atoms with Crippen molar-refractivity contribution in [3.63, 3.8) is 0 Å². The molecule has 4 rings (SSSR count). The van der Waals surface area contributed by atoms with Gasteiger partial charge in [0, 0.05) is 43.5 Å². The van der Waals surface area contributed by atoms with Crippen LogP contribution in [0, 0.1) is 0 Å². The highest BCUT2D eigenvalue weighted by Gasteiger charge is 2.26. The Hall–Kier alpha value is -2.69. The lowest BCUT2D eigenvalue weighted by Crippen LogP contribution is -2.30. The third kappa shape index (κ3) is 3.22. The Morgan fingerprint density at radius 3 is 2.89 bits per heavy atom. The van der Waals surface area contributed by atoms with Gasteiger partial charge in [0.05, 0.1) is 6.04 Å². The average molecular weight is 363 g/mol. The Kier molecular flexibility index (Phi) is 4.68. The fourth-order valence-corrected chi connectivity index (χ4v) is 4.31. The maximum Gasteiger partial charge on any atom is 0.223 e. The molecular weight excluding hydrogens is 338 g/mol. The van der Waals surface area contributed by atoms with Gasteiger partial charge in [0.2, 0.25) is 11.8 Å². The first-order chi connectivity index (χ1) is 13.1. The van der Waals surface area contributed by atoms with Crippen LogP contribution in [0.2, 0.25) is 0 Å². The monoisotopic (exact) mass is 363 g/mol. The number of carbonyl (C=O) groups excluding carboxylic acids is 2. The maximum atomic E-state index is 11.9. The second-order valence-electron chi connectivity index (χ2n) is 7.38. The van der Waals surface area contributed by atoms with E-state index in [1.54, 1.807) is 6.92 Å². The van der Waals surface area contributed by atoms with Crippen molar-refractivity contribution in [2.45, 2.75) is 52.0 Å². The Morgan fingerprint density at radius 1 is 1.26 bits per heavy atom. The van der Waals surface area contributed by atoms with Crippen LogP contribution < -0.4 is 10.2 Å². The lowest BCUT2D eigenvalue weighted by atomic mass is 9.84. The number of anilines is 1. The van der Waals surface area contributed by atoms with Gasteiger partial charge in [-0.15, -0.1) is 0 Å². The molecule has 1 aliphatic carbocycles. The molecule has 1 N–H and O–H groups in total. The standard InChI is InChI=1S/C22H25N3O2/c1-3-22(27)24-20-6-4-5-17-18(12-23-13-19(17)20)15-7-8-21-16(11-15)9-10-25(21)14(2)26/h7-8,11-13,20H,3-6,9-10H2,1-2H3,(H,24,27). The van der Waals surface area contributed by atoms with Crippen LogP contribution in [0.5, 0.6) is 0 Å². The van der Waals surface area contributed by atoms with Crippen LogP contribution in [0.25, 0.3) is 11.1 Å². The Morgan fingerprint density at radius 2 is 2.11 bits per heavy atom. The first-order valence-corrected chi connectivity index (χ1v) is 9.76. The molecule has 2 amide bonds. The van der Waals surface area contributed by atoms with Crippen molar-refractivity contribution in [3.8, 4) is 11.1 Å². The van der Waals surface area contributed by atoms with E-state index in [9.17, 15) is 9.59 Å². The number of carbonyl (C=O) groups is 2. The predicted octanol–water partition coefficient (Wildman–Crippen LogP) is 3.56. The van der Waals surface area contributed by atoms with Gasteiger partial charge in [-0.2, -0.15) is 0 Å². The van der Waals surface area contributed by atoms with Crippen molar-refractivity contribution in [2.24, 2.45) is 0 Å². The number of nitrogens with zero attached hydrogens (tertiary/aromatic N) is 2. The van der Waals surface area contributed by atoms with Gasteiger partial charge in [0.15, 0.2) is 0 Å². The molecule has 5 heteroatoms. The molecule has 2 aromatic rings. The molecule has 5 nitrogen and oxygen atoms in total. The summed E-state index contributed by atoms with van der Waals surface area (Å²) in [5.41, 5.74) is 6.97. The molecule has 2 heterocycles. The van der Waals surface area contributed by atoms with Crippen LogP contribution in [0.1, 0.15) is 55.8 Å².